The smallest absolute Gasteiger partial charge is 0.369 e. The normalized spacial score (nSPS) is 12.2. The molecular formula is C57H38N6U. The Labute approximate surface area is 395 Å². The first-order valence-corrected chi connectivity index (χ1v) is 21.2. The second kappa shape index (κ2) is 16.4. The van der Waals surface area contributed by atoms with Crippen LogP contribution in [-0.4, -0.2) is 37.7 Å². The molecule has 0 amide bonds. The molecule has 0 fully saturated rings. The fraction of sp³-hybridized carbons (Fsp3) is 0.0351. The molecule has 6 aromatic carbocycles. The number of hydrogen-bond acceptors (Lipinski definition) is 4. The third kappa shape index (κ3) is 6.85. The molecule has 0 radical (unpaired) electrons. The minimum absolute atomic E-state index is 0. The largest absolute Gasteiger partial charge is 2.00 e. The number of anilines is 1. The van der Waals surface area contributed by atoms with Crippen molar-refractivity contribution in [2.75, 3.05) is 18.5 Å². The van der Waals surface area contributed by atoms with Gasteiger partial charge in [0.25, 0.3) is 0 Å². The molecule has 11 aromatic rings. The Balaban J connectivity index is 0.00000456. The Morgan fingerprint density at radius 2 is 1.03 bits per heavy atom. The summed E-state index contributed by atoms with van der Waals surface area (Å²) in [5.74, 6) is 0. The molecule has 0 atom stereocenters. The Morgan fingerprint density at radius 1 is 0.484 bits per heavy atom. The van der Waals surface area contributed by atoms with Crippen molar-refractivity contribution in [3.63, 3.8) is 0 Å². The van der Waals surface area contributed by atoms with E-state index in [2.05, 4.69) is 183 Å². The molecule has 0 saturated carbocycles. The van der Waals surface area contributed by atoms with Crippen molar-refractivity contribution in [1.29, 1.82) is 0 Å². The second-order valence-corrected chi connectivity index (χ2v) is 16.1. The molecule has 1 aliphatic rings. The van der Waals surface area contributed by atoms with E-state index in [1.807, 2.05) is 61.3 Å². The molecule has 0 saturated heterocycles. The molecule has 6 heterocycles. The van der Waals surface area contributed by atoms with E-state index in [0.29, 0.717) is 0 Å². The topological polar surface area (TPSA) is 51.8 Å². The number of aromatic nitrogens is 5. The minimum Gasteiger partial charge on any atom is -0.369 e. The monoisotopic (exact) mass is 1040 g/mol. The zero-order chi connectivity index (χ0) is 41.9. The zero-order valence-corrected chi connectivity index (χ0v) is 39.1. The van der Waals surface area contributed by atoms with Gasteiger partial charge in [0.1, 0.15) is 0 Å². The van der Waals surface area contributed by atoms with E-state index < -0.39 is 0 Å². The van der Waals surface area contributed by atoms with Crippen LogP contribution in [0.1, 0.15) is 5.69 Å². The van der Waals surface area contributed by atoms with Crippen molar-refractivity contribution in [1.82, 2.24) is 24.1 Å². The number of likely N-dealkylation sites (N-methyl/N-ethyl adjacent to an activating group) is 1. The van der Waals surface area contributed by atoms with E-state index in [-0.39, 0.29) is 31.1 Å². The molecule has 0 N–H and O–H groups in total. The van der Waals surface area contributed by atoms with Crippen LogP contribution in [0.2, 0.25) is 0 Å². The SMILES string of the molecule is CN1CC=Cc2c1c1cc(-c3cncc(-c4ccccc4)c3)ccc1n2-c1cc[c-]c(-c2[c-]ccc(-n3c4ccc(-c5cncc(-c6ccccc6)c5)cc4c4ncccc43)c2)c1.[U+2]. The summed E-state index contributed by atoms with van der Waals surface area (Å²) in [7, 11) is 2.17. The molecular weight excluding hydrogens is 1010 g/mol. The van der Waals surface area contributed by atoms with E-state index >= 15 is 0 Å². The maximum absolute atomic E-state index is 4.92. The van der Waals surface area contributed by atoms with Crippen LogP contribution in [0, 0.1) is 43.2 Å². The van der Waals surface area contributed by atoms with Crippen molar-refractivity contribution in [3.8, 4) is 67.0 Å². The molecule has 64 heavy (non-hydrogen) atoms. The summed E-state index contributed by atoms with van der Waals surface area (Å²) in [5.41, 5.74) is 19.5. The molecule has 5 aromatic heterocycles. The van der Waals surface area contributed by atoms with Crippen LogP contribution < -0.4 is 4.90 Å². The van der Waals surface area contributed by atoms with Crippen LogP contribution in [0.15, 0.2) is 195 Å². The summed E-state index contributed by atoms with van der Waals surface area (Å²) in [6.07, 6.45) is 14.1. The quantitative estimate of drug-likeness (QED) is 0.149. The predicted octanol–water partition coefficient (Wildman–Crippen LogP) is 13.3. The van der Waals surface area contributed by atoms with Crippen molar-refractivity contribution in [3.05, 3.63) is 213 Å². The number of rotatable bonds is 7. The first-order chi connectivity index (χ1) is 31.1. The van der Waals surface area contributed by atoms with Gasteiger partial charge in [-0.2, -0.15) is 36.4 Å². The molecule has 0 bridgehead atoms. The Hall–Kier alpha value is -7.30. The zero-order valence-electron chi connectivity index (χ0n) is 34.9. The van der Waals surface area contributed by atoms with Crippen LogP contribution >= 0.6 is 0 Å². The first-order valence-electron chi connectivity index (χ1n) is 21.2. The number of hydrogen-bond donors (Lipinski definition) is 0. The molecule has 0 aliphatic carbocycles. The molecule has 0 spiro atoms. The van der Waals surface area contributed by atoms with Gasteiger partial charge in [0.05, 0.1) is 33.4 Å². The van der Waals surface area contributed by atoms with Gasteiger partial charge >= 0.3 is 31.1 Å². The number of fused-ring (bicyclic) bond motifs is 6. The number of pyridine rings is 3. The van der Waals surface area contributed by atoms with Crippen molar-refractivity contribution < 1.29 is 31.1 Å². The summed E-state index contributed by atoms with van der Waals surface area (Å²) in [5, 5.41) is 2.28. The van der Waals surface area contributed by atoms with Crippen LogP contribution in [-0.2, 0) is 0 Å². The fourth-order valence-corrected chi connectivity index (χ4v) is 9.28. The van der Waals surface area contributed by atoms with Gasteiger partial charge in [-0.15, -0.1) is 12.1 Å². The van der Waals surface area contributed by atoms with E-state index in [4.69, 9.17) is 4.98 Å². The van der Waals surface area contributed by atoms with Gasteiger partial charge in [0, 0.05) is 77.6 Å². The average molecular weight is 1050 g/mol. The Kier molecular flexibility index (Phi) is 10.2. The van der Waals surface area contributed by atoms with Crippen LogP contribution in [0.25, 0.3) is 106 Å². The molecule has 12 rings (SSSR count). The summed E-state index contributed by atoms with van der Waals surface area (Å²) in [4.78, 5) is 16.5. The summed E-state index contributed by atoms with van der Waals surface area (Å²) in [6.45, 7) is 0.842. The van der Waals surface area contributed by atoms with E-state index in [1.165, 1.54) is 11.1 Å². The Morgan fingerprint density at radius 3 is 1.64 bits per heavy atom. The van der Waals surface area contributed by atoms with Crippen molar-refractivity contribution >= 4 is 44.6 Å². The third-order valence-electron chi connectivity index (χ3n) is 12.3. The standard InChI is InChI=1S/C57H38N6.U/c1-61-27-11-21-55-57(61)51-33-43(47-29-45(35-59-37-47)39-14-6-3-7-15-39)23-25-53(51)63(55)49-19-9-17-41(31-49)40-16-8-18-48(30-40)62-52-24-22-42(32-50(52)56-54(62)20-10-26-60-56)46-28-44(34-58-36-46)38-12-4-2-5-13-38;/h2-15,18-26,28-37H,27H2,1H3;/q-2;+2. The third-order valence-corrected chi connectivity index (χ3v) is 12.3. The number of benzene rings is 6. The summed E-state index contributed by atoms with van der Waals surface area (Å²) < 4.78 is 4.68. The second-order valence-electron chi connectivity index (χ2n) is 16.1. The average Bonchev–Trinajstić information content (AvgIpc) is 3.88. The van der Waals surface area contributed by atoms with Gasteiger partial charge < -0.3 is 14.0 Å². The van der Waals surface area contributed by atoms with Gasteiger partial charge in [-0.1, -0.05) is 78.9 Å². The van der Waals surface area contributed by atoms with E-state index in [0.717, 1.165) is 107 Å². The van der Waals surface area contributed by atoms with Crippen LogP contribution in [0.5, 0.6) is 0 Å². The molecule has 1 aliphatic heterocycles. The van der Waals surface area contributed by atoms with Crippen LogP contribution in [0.4, 0.5) is 5.69 Å². The van der Waals surface area contributed by atoms with Crippen molar-refractivity contribution in [2.45, 2.75) is 0 Å². The molecule has 6 nitrogen and oxygen atoms in total. The van der Waals surface area contributed by atoms with Crippen molar-refractivity contribution in [2.24, 2.45) is 0 Å². The maximum atomic E-state index is 4.92. The molecule has 300 valence electrons. The Bertz CT molecular complexity index is 3570. The van der Waals surface area contributed by atoms with Gasteiger partial charge in [0.2, 0.25) is 0 Å². The van der Waals surface area contributed by atoms with E-state index in [1.54, 1.807) is 0 Å². The molecule has 7 heteroatoms. The van der Waals surface area contributed by atoms with Gasteiger partial charge in [0.15, 0.2) is 0 Å². The van der Waals surface area contributed by atoms with E-state index in [9.17, 15) is 0 Å². The maximum Gasteiger partial charge on any atom is 2.00 e. The summed E-state index contributed by atoms with van der Waals surface area (Å²) >= 11 is 0. The van der Waals surface area contributed by atoms with Crippen LogP contribution in [0.3, 0.4) is 0 Å². The molecule has 0 unspecified atom stereocenters. The van der Waals surface area contributed by atoms with Gasteiger partial charge in [-0.25, -0.2) is 11.1 Å². The summed E-state index contributed by atoms with van der Waals surface area (Å²) in [6, 6.07) is 62.7. The van der Waals surface area contributed by atoms with Gasteiger partial charge in [-0.3, -0.25) is 15.0 Å². The predicted molar refractivity (Wildman–Crippen MR) is 258 cm³/mol. The number of nitrogens with zero attached hydrogens (tertiary/aromatic N) is 6. The van der Waals surface area contributed by atoms with Gasteiger partial charge in [-0.05, 0) is 88.2 Å². The minimum atomic E-state index is 0. The first kappa shape index (κ1) is 39.5. The fourth-order valence-electron chi connectivity index (χ4n) is 9.28.